The Kier molecular flexibility index (Phi) is 7.72. The van der Waals surface area contributed by atoms with Crippen LogP contribution in [-0.4, -0.2) is 34.0 Å². The van der Waals surface area contributed by atoms with Crippen LogP contribution in [-0.2, 0) is 4.79 Å². The summed E-state index contributed by atoms with van der Waals surface area (Å²) in [6, 6.07) is 20.8. The number of rotatable bonds is 8. The van der Waals surface area contributed by atoms with E-state index in [-0.39, 0.29) is 5.91 Å². The summed E-state index contributed by atoms with van der Waals surface area (Å²) in [6.45, 7) is 8.09. The number of amides is 1. The van der Waals surface area contributed by atoms with Crippen molar-refractivity contribution in [2.45, 2.75) is 20.8 Å². The van der Waals surface area contributed by atoms with Crippen molar-refractivity contribution in [1.82, 2.24) is 15.0 Å². The van der Waals surface area contributed by atoms with Crippen LogP contribution < -0.4 is 10.2 Å². The summed E-state index contributed by atoms with van der Waals surface area (Å²) in [5.74, 6) is 0.781. The first-order chi connectivity index (χ1) is 18.9. The van der Waals surface area contributed by atoms with Crippen LogP contribution in [0, 0.1) is 6.92 Å². The molecule has 9 heteroatoms. The van der Waals surface area contributed by atoms with Crippen molar-refractivity contribution in [1.29, 1.82) is 0 Å². The molecule has 0 fully saturated rings. The predicted octanol–water partition coefficient (Wildman–Crippen LogP) is 7.79. The monoisotopic (exact) mass is 559 g/mol. The molecule has 1 amide bonds. The van der Waals surface area contributed by atoms with Gasteiger partial charge in [0.25, 0.3) is 0 Å². The van der Waals surface area contributed by atoms with Gasteiger partial charge in [-0.05, 0) is 93.1 Å². The van der Waals surface area contributed by atoms with E-state index in [1.807, 2.05) is 37.3 Å². The first kappa shape index (κ1) is 26.5. The van der Waals surface area contributed by atoms with Crippen molar-refractivity contribution < 1.29 is 9.21 Å². The molecule has 0 radical (unpaired) electrons. The van der Waals surface area contributed by atoms with Crippen LogP contribution in [0.1, 0.15) is 25.2 Å². The lowest BCUT2D eigenvalue weighted by Gasteiger charge is -2.20. The van der Waals surface area contributed by atoms with Crippen molar-refractivity contribution in [3.63, 3.8) is 0 Å². The van der Waals surface area contributed by atoms with Gasteiger partial charge in [0.15, 0.2) is 0 Å². The molecule has 2 heterocycles. The number of hydrogen-bond donors (Lipinski definition) is 1. The molecule has 5 rings (SSSR count). The summed E-state index contributed by atoms with van der Waals surface area (Å²) >= 11 is 12.4. The Morgan fingerprint density at radius 1 is 1.00 bits per heavy atom. The molecule has 0 saturated carbocycles. The van der Waals surface area contributed by atoms with E-state index in [1.165, 1.54) is 6.08 Å². The molecular weight excluding hydrogens is 533 g/mol. The number of carbonyl (C=O) groups is 1. The van der Waals surface area contributed by atoms with Crippen molar-refractivity contribution in [3.8, 4) is 17.0 Å². The first-order valence-corrected chi connectivity index (χ1v) is 13.4. The maximum atomic E-state index is 12.7. The zero-order chi connectivity index (χ0) is 27.5. The molecule has 5 aromatic rings. The predicted molar refractivity (Wildman–Crippen MR) is 159 cm³/mol. The third-order valence-electron chi connectivity index (χ3n) is 6.44. The van der Waals surface area contributed by atoms with Crippen LogP contribution in [0.3, 0.4) is 0 Å². The highest BCUT2D eigenvalue weighted by Crippen LogP contribution is 2.34. The Morgan fingerprint density at radius 3 is 2.44 bits per heavy atom. The van der Waals surface area contributed by atoms with E-state index in [9.17, 15) is 4.79 Å². The number of aromatic nitrogens is 3. The van der Waals surface area contributed by atoms with E-state index in [0.717, 1.165) is 35.5 Å². The number of anilines is 2. The number of furan rings is 1. The zero-order valence-corrected chi connectivity index (χ0v) is 23.3. The van der Waals surface area contributed by atoms with E-state index >= 15 is 0 Å². The van der Waals surface area contributed by atoms with Gasteiger partial charge in [-0.15, -0.1) is 10.2 Å². The molecule has 0 saturated heterocycles. The Hall–Kier alpha value is -4.07. The van der Waals surface area contributed by atoms with E-state index in [4.69, 9.17) is 27.6 Å². The smallest absolute Gasteiger partial charge is 0.248 e. The van der Waals surface area contributed by atoms with Gasteiger partial charge < -0.3 is 14.6 Å². The second kappa shape index (κ2) is 11.4. The van der Waals surface area contributed by atoms with Gasteiger partial charge in [-0.25, -0.2) is 0 Å². The van der Waals surface area contributed by atoms with Crippen LogP contribution in [0.15, 0.2) is 77.2 Å². The summed E-state index contributed by atoms with van der Waals surface area (Å²) < 4.78 is 5.83. The number of carbonyl (C=O) groups excluding carboxylic acids is 1. The summed E-state index contributed by atoms with van der Waals surface area (Å²) in [4.78, 5) is 16.6. The molecule has 0 aliphatic carbocycles. The highest BCUT2D eigenvalue weighted by atomic mass is 35.5. The number of benzene rings is 3. The topological polar surface area (TPSA) is 76.2 Å². The van der Waals surface area contributed by atoms with Gasteiger partial charge in [0.1, 0.15) is 22.6 Å². The molecule has 0 spiro atoms. The number of fused-ring (bicyclic) bond motifs is 1. The normalized spacial score (nSPS) is 11.4. The fourth-order valence-corrected chi connectivity index (χ4v) is 4.71. The summed E-state index contributed by atoms with van der Waals surface area (Å²) in [5, 5.41) is 13.0. The minimum atomic E-state index is -0.296. The van der Waals surface area contributed by atoms with Gasteiger partial charge in [0, 0.05) is 36.1 Å². The van der Waals surface area contributed by atoms with Gasteiger partial charge in [0.05, 0.1) is 15.7 Å². The highest BCUT2D eigenvalue weighted by molar-refractivity contribution is 6.43. The van der Waals surface area contributed by atoms with Crippen molar-refractivity contribution in [2.75, 3.05) is 23.3 Å². The zero-order valence-electron chi connectivity index (χ0n) is 21.8. The molecule has 39 heavy (non-hydrogen) atoms. The second-order valence-corrected chi connectivity index (χ2v) is 9.75. The summed E-state index contributed by atoms with van der Waals surface area (Å²) in [7, 11) is 0. The van der Waals surface area contributed by atoms with Crippen LogP contribution >= 0.6 is 23.2 Å². The third-order valence-corrected chi connectivity index (χ3v) is 7.26. The SMILES string of the molecule is CCN(CC)c1ccc(-n2nc3cc(C)c(NC(=O)/C=C/c4ccc(-c5cccc(Cl)c5Cl)o4)cc3n2)cc1. The van der Waals surface area contributed by atoms with Gasteiger partial charge in [-0.1, -0.05) is 29.3 Å². The Bertz CT molecular complexity index is 1670. The van der Waals surface area contributed by atoms with E-state index in [1.54, 1.807) is 35.1 Å². The fraction of sp³-hybridized carbons (Fsp3) is 0.167. The summed E-state index contributed by atoms with van der Waals surface area (Å²) in [6.07, 6.45) is 3.02. The molecule has 0 bridgehead atoms. The Morgan fingerprint density at radius 2 is 1.72 bits per heavy atom. The number of halogens is 2. The molecule has 2 aromatic heterocycles. The Balaban J connectivity index is 1.30. The quantitative estimate of drug-likeness (QED) is 0.196. The molecule has 0 unspecified atom stereocenters. The summed E-state index contributed by atoms with van der Waals surface area (Å²) in [5.41, 5.74) is 5.68. The maximum Gasteiger partial charge on any atom is 0.248 e. The van der Waals surface area contributed by atoms with Crippen LogP contribution in [0.2, 0.25) is 10.0 Å². The average Bonchev–Trinajstić information content (AvgIpc) is 3.57. The van der Waals surface area contributed by atoms with E-state index in [0.29, 0.717) is 38.3 Å². The number of aryl methyl sites for hydroxylation is 1. The number of hydrogen-bond acceptors (Lipinski definition) is 5. The van der Waals surface area contributed by atoms with Gasteiger partial charge in [0.2, 0.25) is 5.91 Å². The minimum Gasteiger partial charge on any atom is -0.457 e. The van der Waals surface area contributed by atoms with Crippen LogP contribution in [0.25, 0.3) is 34.1 Å². The molecule has 7 nitrogen and oxygen atoms in total. The van der Waals surface area contributed by atoms with Gasteiger partial charge >= 0.3 is 0 Å². The molecule has 0 atom stereocenters. The average molecular weight is 560 g/mol. The molecule has 1 N–H and O–H groups in total. The fourth-order valence-electron chi connectivity index (χ4n) is 4.32. The van der Waals surface area contributed by atoms with Crippen molar-refractivity contribution in [3.05, 3.63) is 94.2 Å². The van der Waals surface area contributed by atoms with Gasteiger partial charge in [-0.3, -0.25) is 4.79 Å². The largest absolute Gasteiger partial charge is 0.457 e. The van der Waals surface area contributed by atoms with Crippen LogP contribution in [0.5, 0.6) is 0 Å². The molecule has 0 aliphatic heterocycles. The molecule has 3 aromatic carbocycles. The first-order valence-electron chi connectivity index (χ1n) is 12.6. The molecule has 0 aliphatic rings. The Labute approximate surface area is 236 Å². The van der Waals surface area contributed by atoms with Crippen molar-refractivity contribution in [2.24, 2.45) is 0 Å². The number of nitrogens with one attached hydrogen (secondary N) is 1. The van der Waals surface area contributed by atoms with E-state index < -0.39 is 0 Å². The lowest BCUT2D eigenvalue weighted by molar-refractivity contribution is -0.111. The van der Waals surface area contributed by atoms with Crippen LogP contribution in [0.4, 0.5) is 11.4 Å². The molecule has 198 valence electrons. The van der Waals surface area contributed by atoms with Gasteiger partial charge in [-0.2, -0.15) is 4.80 Å². The highest BCUT2D eigenvalue weighted by Gasteiger charge is 2.12. The number of nitrogens with zero attached hydrogens (tertiary/aromatic N) is 4. The lowest BCUT2D eigenvalue weighted by atomic mass is 10.1. The second-order valence-electron chi connectivity index (χ2n) is 8.96. The minimum absolute atomic E-state index is 0.296. The standard InChI is InChI=1S/C30H27Cl2N5O2/c1-4-36(5-2)20-9-11-21(12-10-20)37-34-26-17-19(3)25(18-27(26)35-37)33-29(38)16-14-22-13-15-28(39-22)23-7-6-8-24(31)30(23)32/h6-18H,4-5H2,1-3H3,(H,33,38)/b16-14+. The lowest BCUT2D eigenvalue weighted by Crippen LogP contribution is -2.21. The maximum absolute atomic E-state index is 12.7. The molecular formula is C30H27Cl2N5O2. The van der Waals surface area contributed by atoms with E-state index in [2.05, 4.69) is 46.4 Å². The third kappa shape index (κ3) is 5.70. The van der Waals surface area contributed by atoms with Crippen molar-refractivity contribution >= 4 is 57.6 Å².